The molecule has 0 spiro atoms. The van der Waals surface area contributed by atoms with Crippen molar-refractivity contribution in [2.24, 2.45) is 17.4 Å². The highest BCUT2D eigenvalue weighted by molar-refractivity contribution is 5.30. The Morgan fingerprint density at radius 1 is 1.26 bits per heavy atom. The van der Waals surface area contributed by atoms with Gasteiger partial charge in [0.15, 0.2) is 0 Å². The molecular formula is C15H26N2O2. The summed E-state index contributed by atoms with van der Waals surface area (Å²) < 4.78 is 5.77. The molecule has 1 rings (SSSR count). The Morgan fingerprint density at radius 2 is 1.95 bits per heavy atom. The van der Waals surface area contributed by atoms with Crippen LogP contribution in [0, 0.1) is 5.92 Å². The van der Waals surface area contributed by atoms with Crippen LogP contribution in [0.3, 0.4) is 0 Å². The summed E-state index contributed by atoms with van der Waals surface area (Å²) in [4.78, 5) is 0. The van der Waals surface area contributed by atoms with E-state index >= 15 is 0 Å². The molecule has 0 aliphatic heterocycles. The Labute approximate surface area is 115 Å². The van der Waals surface area contributed by atoms with Crippen LogP contribution in [0.4, 0.5) is 0 Å². The molecule has 0 aromatic heterocycles. The molecule has 0 fully saturated rings. The number of aliphatic hydroxyl groups excluding tert-OH is 1. The Bertz CT molecular complexity index is 367. The topological polar surface area (TPSA) is 81.5 Å². The van der Waals surface area contributed by atoms with Gasteiger partial charge in [-0.25, -0.2) is 0 Å². The zero-order chi connectivity index (χ0) is 14.3. The monoisotopic (exact) mass is 266 g/mol. The zero-order valence-electron chi connectivity index (χ0n) is 11.9. The smallest absolute Gasteiger partial charge is 0.119 e. The minimum atomic E-state index is -0.748. The molecule has 4 nitrogen and oxygen atoms in total. The van der Waals surface area contributed by atoms with Crippen LogP contribution in [-0.4, -0.2) is 24.3 Å². The lowest BCUT2D eigenvalue weighted by Gasteiger charge is -2.19. The highest BCUT2D eigenvalue weighted by Crippen LogP contribution is 2.22. The van der Waals surface area contributed by atoms with Crippen molar-refractivity contribution >= 4 is 0 Å². The van der Waals surface area contributed by atoms with Crippen molar-refractivity contribution in [1.82, 2.24) is 0 Å². The van der Waals surface area contributed by atoms with Gasteiger partial charge in [0.25, 0.3) is 0 Å². The number of nitrogens with two attached hydrogens (primary N) is 2. The van der Waals surface area contributed by atoms with E-state index < -0.39 is 12.1 Å². The molecule has 0 heterocycles. The van der Waals surface area contributed by atoms with Crippen LogP contribution >= 0.6 is 0 Å². The van der Waals surface area contributed by atoms with E-state index in [0.717, 1.165) is 24.2 Å². The van der Waals surface area contributed by atoms with Gasteiger partial charge in [-0.3, -0.25) is 0 Å². The third kappa shape index (κ3) is 4.82. The second kappa shape index (κ2) is 8.15. The molecule has 0 saturated carbocycles. The van der Waals surface area contributed by atoms with Crippen LogP contribution in [0.2, 0.25) is 0 Å². The fourth-order valence-electron chi connectivity index (χ4n) is 1.90. The van der Waals surface area contributed by atoms with E-state index in [4.69, 9.17) is 16.2 Å². The molecule has 1 aromatic carbocycles. The quantitative estimate of drug-likeness (QED) is 0.670. The third-order valence-electron chi connectivity index (χ3n) is 3.52. The third-order valence-corrected chi connectivity index (χ3v) is 3.52. The summed E-state index contributed by atoms with van der Waals surface area (Å²) in [7, 11) is 0. The van der Waals surface area contributed by atoms with Crippen molar-refractivity contribution in [3.05, 3.63) is 29.8 Å². The van der Waals surface area contributed by atoms with Gasteiger partial charge in [-0.2, -0.15) is 0 Å². The minimum Gasteiger partial charge on any atom is -0.493 e. The van der Waals surface area contributed by atoms with Crippen molar-refractivity contribution in [3.8, 4) is 5.75 Å². The number of hydrogen-bond acceptors (Lipinski definition) is 4. The average molecular weight is 266 g/mol. The molecular weight excluding hydrogens is 240 g/mol. The number of benzene rings is 1. The summed E-state index contributed by atoms with van der Waals surface area (Å²) >= 11 is 0. The lowest BCUT2D eigenvalue weighted by atomic mass is 10.0. The molecule has 0 aliphatic carbocycles. The van der Waals surface area contributed by atoms with Crippen molar-refractivity contribution in [2.45, 2.75) is 38.8 Å². The molecule has 108 valence electrons. The fraction of sp³-hybridized carbons (Fsp3) is 0.600. The largest absolute Gasteiger partial charge is 0.493 e. The van der Waals surface area contributed by atoms with Crippen LogP contribution < -0.4 is 16.2 Å². The van der Waals surface area contributed by atoms with Gasteiger partial charge in [0.1, 0.15) is 5.75 Å². The van der Waals surface area contributed by atoms with Crippen molar-refractivity contribution in [2.75, 3.05) is 13.2 Å². The fourth-order valence-corrected chi connectivity index (χ4v) is 1.90. The summed E-state index contributed by atoms with van der Waals surface area (Å²) in [5, 5.41) is 10.0. The Kier molecular flexibility index (Phi) is 6.84. The molecule has 19 heavy (non-hydrogen) atoms. The molecule has 0 bridgehead atoms. The van der Waals surface area contributed by atoms with Gasteiger partial charge in [0.2, 0.25) is 0 Å². The second-order valence-electron chi connectivity index (χ2n) is 4.91. The van der Waals surface area contributed by atoms with E-state index in [1.165, 1.54) is 0 Å². The highest BCUT2D eigenvalue weighted by atomic mass is 16.5. The SMILES string of the molecule is CCC(CC)COc1cccc(C(O)C(N)CN)c1. The molecule has 2 unspecified atom stereocenters. The predicted octanol–water partition coefficient (Wildman–Crippen LogP) is 1.82. The molecule has 1 aromatic rings. The second-order valence-corrected chi connectivity index (χ2v) is 4.91. The standard InChI is InChI=1S/C15H26N2O2/c1-3-11(4-2)10-19-13-7-5-6-12(8-13)15(18)14(17)9-16/h5-8,11,14-15,18H,3-4,9-10,16-17H2,1-2H3. The van der Waals surface area contributed by atoms with Gasteiger partial charge in [-0.1, -0.05) is 38.8 Å². The maximum Gasteiger partial charge on any atom is 0.119 e. The Balaban J connectivity index is 2.66. The number of rotatable bonds is 8. The Hall–Kier alpha value is -1.10. The van der Waals surface area contributed by atoms with Gasteiger partial charge in [-0.15, -0.1) is 0 Å². The van der Waals surface area contributed by atoms with Gasteiger partial charge in [-0.05, 0) is 23.6 Å². The molecule has 2 atom stereocenters. The maximum atomic E-state index is 10.0. The Morgan fingerprint density at radius 3 is 2.53 bits per heavy atom. The number of ether oxygens (including phenoxy) is 1. The molecule has 0 radical (unpaired) electrons. The minimum absolute atomic E-state index is 0.250. The summed E-state index contributed by atoms with van der Waals surface area (Å²) in [6, 6.07) is 6.98. The zero-order valence-corrected chi connectivity index (χ0v) is 11.9. The van der Waals surface area contributed by atoms with E-state index in [0.29, 0.717) is 12.5 Å². The molecule has 0 aliphatic rings. The van der Waals surface area contributed by atoms with Crippen LogP contribution in [0.25, 0.3) is 0 Å². The average Bonchev–Trinajstić information content (AvgIpc) is 2.47. The summed E-state index contributed by atoms with van der Waals surface area (Å²) in [5.41, 5.74) is 12.0. The molecule has 5 N–H and O–H groups in total. The van der Waals surface area contributed by atoms with Crippen LogP contribution in [-0.2, 0) is 0 Å². The van der Waals surface area contributed by atoms with Gasteiger partial charge in [0.05, 0.1) is 12.7 Å². The summed E-state index contributed by atoms with van der Waals surface area (Å²) in [6.07, 6.45) is 1.47. The highest BCUT2D eigenvalue weighted by Gasteiger charge is 2.16. The van der Waals surface area contributed by atoms with Gasteiger partial charge < -0.3 is 21.3 Å². The van der Waals surface area contributed by atoms with E-state index in [2.05, 4.69) is 13.8 Å². The van der Waals surface area contributed by atoms with Crippen molar-refractivity contribution in [3.63, 3.8) is 0 Å². The lowest BCUT2D eigenvalue weighted by Crippen LogP contribution is -2.35. The normalized spacial score (nSPS) is 14.4. The number of aliphatic hydroxyl groups is 1. The van der Waals surface area contributed by atoms with E-state index in [-0.39, 0.29) is 6.54 Å². The van der Waals surface area contributed by atoms with E-state index in [1.54, 1.807) is 0 Å². The van der Waals surface area contributed by atoms with Crippen molar-refractivity contribution < 1.29 is 9.84 Å². The van der Waals surface area contributed by atoms with E-state index in [1.807, 2.05) is 24.3 Å². The molecule has 0 saturated heterocycles. The first-order valence-electron chi connectivity index (χ1n) is 6.98. The predicted molar refractivity (Wildman–Crippen MR) is 78.0 cm³/mol. The molecule has 4 heteroatoms. The van der Waals surface area contributed by atoms with Crippen LogP contribution in [0.15, 0.2) is 24.3 Å². The molecule has 0 amide bonds. The first-order valence-corrected chi connectivity index (χ1v) is 6.98. The van der Waals surface area contributed by atoms with Crippen LogP contribution in [0.1, 0.15) is 38.4 Å². The van der Waals surface area contributed by atoms with Gasteiger partial charge >= 0.3 is 0 Å². The number of hydrogen-bond donors (Lipinski definition) is 3. The van der Waals surface area contributed by atoms with Crippen molar-refractivity contribution in [1.29, 1.82) is 0 Å². The summed E-state index contributed by atoms with van der Waals surface area (Å²) in [6.45, 7) is 5.28. The lowest BCUT2D eigenvalue weighted by molar-refractivity contribution is 0.148. The first-order chi connectivity index (χ1) is 9.12. The first kappa shape index (κ1) is 16.0. The maximum absolute atomic E-state index is 10.0. The summed E-state index contributed by atoms with van der Waals surface area (Å²) in [5.74, 6) is 1.34. The van der Waals surface area contributed by atoms with Crippen LogP contribution in [0.5, 0.6) is 5.75 Å². The van der Waals surface area contributed by atoms with Gasteiger partial charge in [0, 0.05) is 12.6 Å². The van der Waals surface area contributed by atoms with E-state index in [9.17, 15) is 5.11 Å².